The second-order valence-electron chi connectivity index (χ2n) is 20.9. The zero-order chi connectivity index (χ0) is 54.3. The molecule has 2 aliphatic heterocycles. The van der Waals surface area contributed by atoms with E-state index >= 15 is 0 Å². The summed E-state index contributed by atoms with van der Waals surface area (Å²) in [6.07, 6.45) is 3.30. The number of ether oxygens (including phenoxy) is 1. The molecule has 0 radical (unpaired) electrons. The van der Waals surface area contributed by atoms with E-state index in [2.05, 4.69) is 26.6 Å². The molecule has 20 nitrogen and oxygen atoms in total. The van der Waals surface area contributed by atoms with Crippen molar-refractivity contribution >= 4 is 53.2 Å². The van der Waals surface area contributed by atoms with Crippen molar-refractivity contribution in [3.05, 3.63) is 137 Å². The molecule has 404 valence electrons. The van der Waals surface area contributed by atoms with E-state index in [9.17, 15) is 48.3 Å². The third kappa shape index (κ3) is 13.1. The predicted molar refractivity (Wildman–Crippen MR) is 280 cm³/mol. The van der Waals surface area contributed by atoms with Crippen molar-refractivity contribution in [3.63, 3.8) is 0 Å². The number of benzene rings is 4. The van der Waals surface area contributed by atoms with Crippen LogP contribution < -0.4 is 42.8 Å². The first-order valence-corrected chi connectivity index (χ1v) is 26.4. The van der Waals surface area contributed by atoms with E-state index in [-0.39, 0.29) is 97.2 Å². The lowest BCUT2D eigenvalue weighted by Crippen LogP contribution is -2.46. The molecule has 77 heavy (non-hydrogen) atoms. The van der Waals surface area contributed by atoms with Gasteiger partial charge in [0, 0.05) is 67.6 Å². The fraction of sp³-hybridized carbons (Fsp3) is 0.421. The van der Waals surface area contributed by atoms with Crippen LogP contribution in [0.1, 0.15) is 93.7 Å². The molecule has 4 aromatic carbocycles. The van der Waals surface area contributed by atoms with Crippen LogP contribution in [0.3, 0.4) is 0 Å². The van der Waals surface area contributed by atoms with E-state index in [1.165, 1.54) is 28.0 Å². The molecule has 0 aromatic heterocycles. The summed E-state index contributed by atoms with van der Waals surface area (Å²) in [4.78, 5) is 125. The molecule has 8 amide bonds. The van der Waals surface area contributed by atoms with Crippen LogP contribution in [-0.2, 0) is 33.6 Å². The summed E-state index contributed by atoms with van der Waals surface area (Å²) in [7, 11) is 0. The van der Waals surface area contributed by atoms with E-state index in [1.54, 1.807) is 0 Å². The van der Waals surface area contributed by atoms with Crippen LogP contribution in [-0.4, -0.2) is 138 Å². The van der Waals surface area contributed by atoms with Crippen LogP contribution in [0.4, 0.5) is 0 Å². The molecule has 5 fully saturated rings. The third-order valence-corrected chi connectivity index (χ3v) is 15.5. The minimum atomic E-state index is -1.25. The zero-order valence-corrected chi connectivity index (χ0v) is 42.5. The Kier molecular flexibility index (Phi) is 16.6. The molecule has 5 aliphatic rings. The third-order valence-electron chi connectivity index (χ3n) is 15.5. The first-order chi connectivity index (χ1) is 37.2. The van der Waals surface area contributed by atoms with Gasteiger partial charge in [-0.3, -0.25) is 38.4 Å². The van der Waals surface area contributed by atoms with Gasteiger partial charge in [-0.05, 0) is 80.0 Å². The molecule has 0 unspecified atom stereocenters. The molecule has 10 N–H and O–H groups in total. The van der Waals surface area contributed by atoms with Crippen LogP contribution in [0.5, 0.6) is 5.75 Å². The average molecular weight is 1050 g/mol. The molecule has 4 aromatic rings. The quantitative estimate of drug-likeness (QED) is 0.0493. The Morgan fingerprint density at radius 1 is 0.584 bits per heavy atom. The van der Waals surface area contributed by atoms with Crippen molar-refractivity contribution < 1.29 is 53.0 Å². The van der Waals surface area contributed by atoms with Crippen molar-refractivity contribution in [3.8, 4) is 5.75 Å². The fourth-order valence-corrected chi connectivity index (χ4v) is 10.8. The van der Waals surface area contributed by atoms with Gasteiger partial charge in [0.05, 0.1) is 35.8 Å². The largest absolute Gasteiger partial charge is 0.483 e. The van der Waals surface area contributed by atoms with Gasteiger partial charge in [-0.2, -0.15) is 0 Å². The summed E-state index contributed by atoms with van der Waals surface area (Å²) in [5.41, 5.74) is 14.5. The van der Waals surface area contributed by atoms with E-state index < -0.39 is 84.3 Å². The highest BCUT2D eigenvalue weighted by Gasteiger charge is 2.50. The summed E-state index contributed by atoms with van der Waals surface area (Å²) in [5, 5.41) is 23.6. The summed E-state index contributed by atoms with van der Waals surface area (Å²) in [6.45, 7) is -1.62. The number of hydrogen-bond donors (Lipinski definition) is 8. The number of carbonyl (C=O) groups excluding carboxylic acids is 8. The van der Waals surface area contributed by atoms with Gasteiger partial charge in [-0.1, -0.05) is 91.0 Å². The highest BCUT2D eigenvalue weighted by molar-refractivity contribution is 6.02. The van der Waals surface area contributed by atoms with Gasteiger partial charge in [0.15, 0.2) is 6.61 Å². The zero-order valence-electron chi connectivity index (χ0n) is 42.5. The fourth-order valence-electron chi connectivity index (χ4n) is 10.8. The van der Waals surface area contributed by atoms with E-state index in [4.69, 9.17) is 16.2 Å². The molecular weight excluding hydrogens is 987 g/mol. The van der Waals surface area contributed by atoms with Gasteiger partial charge in [0.25, 0.3) is 17.7 Å². The molecule has 11 atom stereocenters. The van der Waals surface area contributed by atoms with Gasteiger partial charge >= 0.3 is 5.97 Å². The Bertz CT molecular complexity index is 2800. The minimum absolute atomic E-state index is 0.00494. The van der Waals surface area contributed by atoms with E-state index in [0.717, 1.165) is 29.5 Å². The molecule has 2 heterocycles. The Morgan fingerprint density at radius 3 is 1.49 bits per heavy atom. The maximum absolute atomic E-state index is 14.6. The van der Waals surface area contributed by atoms with Crippen molar-refractivity contribution in [2.24, 2.45) is 35.1 Å². The van der Waals surface area contributed by atoms with Gasteiger partial charge in [0.2, 0.25) is 29.5 Å². The molecule has 0 spiro atoms. The Labute approximate surface area is 445 Å². The van der Waals surface area contributed by atoms with Crippen molar-refractivity contribution in [2.45, 2.75) is 80.4 Å². The lowest BCUT2D eigenvalue weighted by atomic mass is 9.94. The van der Waals surface area contributed by atoms with Gasteiger partial charge < -0.3 is 57.7 Å². The second kappa shape index (κ2) is 23.8. The highest BCUT2D eigenvalue weighted by Crippen LogP contribution is 2.44. The summed E-state index contributed by atoms with van der Waals surface area (Å²) in [6, 6.07) is 31.6. The number of nitrogens with two attached hydrogens (primary N) is 2. The average Bonchev–Trinajstić information content (AvgIpc) is 4.44. The standard InChI is InChI=1S/C57H65N9O11/c58-21-11-10-18-44(57(75)76)61-49(67)26-60-50(68)31-77-48-22-35(19-20-36(48)56(74)66-27-40(51(59)69)41(28-66)52(70)62-45-23-37(45)32-12-4-1-5-13-32)55(73)65-29-42(53(71)63-46-24-38(46)33-14-6-2-7-15-33)43(30-65)54(72)64-47-25-39(47)34-16-8-3-9-17-34/h1-9,12-17,19-20,22,37-47H,10-11,18,21,23-31,58H2,(H2,59,69)(H,60,68)(H,61,67)(H,62,70)(H,63,71)(H,64,72)(H,75,76)/t37-,38-,39-,40-,41-,42-,43-,44+,45+,46+,47+/m1/s1. The van der Waals surface area contributed by atoms with Crippen LogP contribution in [0.2, 0.25) is 0 Å². The number of carbonyl (C=O) groups is 9. The summed E-state index contributed by atoms with van der Waals surface area (Å²) in [5.74, 6) is -9.76. The SMILES string of the molecule is NCCCC[C@H](NC(=O)CNC(=O)COc1cc(C(=O)N2C[C@@H](C(=O)N[C@H]3C[C@@H]3c3ccccc3)[C@H](C(=O)N[C@H]3C[C@@H]3c3ccccc3)C2)ccc1C(=O)N1C[C@@H](C(N)=O)[C@H](C(=O)N[C@H]2C[C@@H]2c2ccccc2)C1)C(=O)O. The Balaban J connectivity index is 0.919. The lowest BCUT2D eigenvalue weighted by molar-refractivity contribution is -0.142. The summed E-state index contributed by atoms with van der Waals surface area (Å²) < 4.78 is 5.96. The summed E-state index contributed by atoms with van der Waals surface area (Å²) >= 11 is 0. The van der Waals surface area contributed by atoms with Crippen LogP contribution >= 0.6 is 0 Å². The molecule has 3 aliphatic carbocycles. The van der Waals surface area contributed by atoms with E-state index in [0.29, 0.717) is 25.8 Å². The number of primary amides is 1. The molecular formula is C57H65N9O11. The normalized spacial score (nSPS) is 25.1. The minimum Gasteiger partial charge on any atom is -0.483 e. The van der Waals surface area contributed by atoms with Crippen molar-refractivity contribution in [2.75, 3.05) is 45.9 Å². The van der Waals surface area contributed by atoms with Crippen molar-refractivity contribution in [1.82, 2.24) is 36.4 Å². The molecule has 9 rings (SSSR count). The number of aliphatic carboxylic acids is 1. The van der Waals surface area contributed by atoms with Crippen LogP contribution in [0.15, 0.2) is 109 Å². The number of nitrogens with one attached hydrogen (secondary N) is 5. The number of hydrogen-bond acceptors (Lipinski definition) is 11. The smallest absolute Gasteiger partial charge is 0.326 e. The first-order valence-electron chi connectivity index (χ1n) is 26.4. The lowest BCUT2D eigenvalue weighted by Gasteiger charge is -2.21. The molecule has 0 bridgehead atoms. The van der Waals surface area contributed by atoms with Gasteiger partial charge in [0.1, 0.15) is 11.8 Å². The Morgan fingerprint density at radius 2 is 1.04 bits per heavy atom. The topological polar surface area (TPSA) is 302 Å². The highest BCUT2D eigenvalue weighted by atomic mass is 16.5. The molecule has 20 heteroatoms. The van der Waals surface area contributed by atoms with Gasteiger partial charge in [-0.25, -0.2) is 4.79 Å². The second-order valence-corrected chi connectivity index (χ2v) is 20.9. The first kappa shape index (κ1) is 53.7. The number of rotatable bonds is 23. The van der Waals surface area contributed by atoms with Crippen LogP contribution in [0.25, 0.3) is 0 Å². The maximum atomic E-state index is 14.6. The Hall–Kier alpha value is -8.13. The van der Waals surface area contributed by atoms with E-state index in [1.807, 2.05) is 91.0 Å². The predicted octanol–water partition coefficient (Wildman–Crippen LogP) is 1.76. The van der Waals surface area contributed by atoms with Crippen LogP contribution in [0, 0.1) is 23.7 Å². The molecule has 3 saturated carbocycles. The number of likely N-dealkylation sites (tertiary alicyclic amines) is 2. The number of carboxylic acid groups (broad SMARTS) is 1. The van der Waals surface area contributed by atoms with Gasteiger partial charge in [-0.15, -0.1) is 0 Å². The monoisotopic (exact) mass is 1050 g/mol. The number of nitrogens with zero attached hydrogens (tertiary/aromatic N) is 2. The maximum Gasteiger partial charge on any atom is 0.326 e. The number of carboxylic acids is 1. The van der Waals surface area contributed by atoms with Crippen molar-refractivity contribution in [1.29, 1.82) is 0 Å². The molecule has 2 saturated heterocycles. The number of amides is 8. The number of unbranched alkanes of at least 4 members (excludes halogenated alkanes) is 1.